The van der Waals surface area contributed by atoms with Gasteiger partial charge in [0.15, 0.2) is 17.5 Å². The lowest BCUT2D eigenvalue weighted by molar-refractivity contribution is -0.137. The summed E-state index contributed by atoms with van der Waals surface area (Å²) in [5.74, 6) is -2.10. The van der Waals surface area contributed by atoms with E-state index in [-0.39, 0.29) is 29.2 Å². The number of fused-ring (bicyclic) bond motifs is 1. The second-order valence-electron chi connectivity index (χ2n) is 8.05. The van der Waals surface area contributed by atoms with E-state index in [1.165, 1.54) is 47.5 Å². The Balaban J connectivity index is 1.40. The molecule has 0 atom stereocenters. The van der Waals surface area contributed by atoms with Crippen molar-refractivity contribution in [2.45, 2.75) is 19.1 Å². The molecule has 0 bridgehead atoms. The van der Waals surface area contributed by atoms with Crippen LogP contribution in [0.15, 0.2) is 67.1 Å². The predicted molar refractivity (Wildman–Crippen MR) is 119 cm³/mol. The molecule has 188 valence electrons. The molecule has 2 aliphatic rings. The number of halogens is 7. The molecule has 2 aromatic carbocycles. The molecule has 0 spiro atoms. The van der Waals surface area contributed by atoms with Crippen LogP contribution < -0.4 is 0 Å². The fourth-order valence-electron chi connectivity index (χ4n) is 3.76. The number of aromatic nitrogens is 5. The Kier molecular flexibility index (Phi) is 6.10. The molecule has 0 saturated heterocycles. The van der Waals surface area contributed by atoms with Gasteiger partial charge in [0.2, 0.25) is 0 Å². The minimum absolute atomic E-state index is 0.00380. The lowest BCUT2D eigenvalue weighted by Gasteiger charge is -2.14. The number of benzene rings is 2. The first-order valence-corrected chi connectivity index (χ1v) is 10.7. The SMILES string of the molecule is Fc1cccc(-c2nc3cnn(Cc4ccc(-c5ccc(C(F)F)cc5C(F)(F)F)nc4)cc-3n2)c1F. The molecule has 3 heterocycles. The molecule has 12 heteroatoms. The predicted octanol–water partition coefficient (Wildman–Crippen LogP) is 6.79. The third-order valence-corrected chi connectivity index (χ3v) is 5.55. The van der Waals surface area contributed by atoms with Gasteiger partial charge in [0.1, 0.15) is 11.4 Å². The number of pyridine rings is 1. The lowest BCUT2D eigenvalue weighted by Crippen LogP contribution is -2.09. The van der Waals surface area contributed by atoms with Gasteiger partial charge in [-0.05, 0) is 29.8 Å². The van der Waals surface area contributed by atoms with Gasteiger partial charge in [-0.15, -0.1) is 0 Å². The van der Waals surface area contributed by atoms with Crippen LogP contribution in [0, 0.1) is 11.6 Å². The summed E-state index contributed by atoms with van der Waals surface area (Å²) in [6, 6.07) is 8.91. The highest BCUT2D eigenvalue weighted by Gasteiger charge is 2.35. The normalized spacial score (nSPS) is 12.0. The zero-order valence-corrected chi connectivity index (χ0v) is 18.5. The van der Waals surface area contributed by atoms with Crippen molar-refractivity contribution in [3.63, 3.8) is 0 Å². The average Bonchev–Trinajstić information content (AvgIpc) is 3.28. The Labute approximate surface area is 204 Å². The highest BCUT2D eigenvalue weighted by molar-refractivity contribution is 5.66. The molecular formula is C25H14F7N5. The highest BCUT2D eigenvalue weighted by atomic mass is 19.4. The molecule has 5 rings (SSSR count). The molecule has 0 unspecified atom stereocenters. The Hall–Kier alpha value is -4.35. The lowest BCUT2D eigenvalue weighted by atomic mass is 10.00. The Morgan fingerprint density at radius 3 is 2.32 bits per heavy atom. The summed E-state index contributed by atoms with van der Waals surface area (Å²) >= 11 is 0. The van der Waals surface area contributed by atoms with Gasteiger partial charge in [-0.1, -0.05) is 24.3 Å². The maximum absolute atomic E-state index is 14.1. The van der Waals surface area contributed by atoms with E-state index in [1.54, 1.807) is 0 Å². The van der Waals surface area contributed by atoms with E-state index in [0.717, 1.165) is 18.2 Å². The van der Waals surface area contributed by atoms with Crippen LogP contribution in [0.1, 0.15) is 23.1 Å². The van der Waals surface area contributed by atoms with Crippen molar-refractivity contribution in [2.75, 3.05) is 0 Å². The number of nitrogens with zero attached hydrogens (tertiary/aromatic N) is 5. The summed E-state index contributed by atoms with van der Waals surface area (Å²) in [5, 5.41) is 4.20. The summed E-state index contributed by atoms with van der Waals surface area (Å²) in [4.78, 5) is 12.5. The zero-order valence-electron chi connectivity index (χ0n) is 18.5. The van der Waals surface area contributed by atoms with Crippen LogP contribution in [-0.4, -0.2) is 24.7 Å². The quantitative estimate of drug-likeness (QED) is 0.241. The smallest absolute Gasteiger partial charge is 0.266 e. The van der Waals surface area contributed by atoms with Gasteiger partial charge in [-0.3, -0.25) is 9.67 Å². The van der Waals surface area contributed by atoms with E-state index in [2.05, 4.69) is 20.1 Å². The second-order valence-corrected chi connectivity index (χ2v) is 8.05. The van der Waals surface area contributed by atoms with E-state index >= 15 is 0 Å². The summed E-state index contributed by atoms with van der Waals surface area (Å²) in [6.45, 7) is 0.163. The number of hydrogen-bond acceptors (Lipinski definition) is 4. The summed E-state index contributed by atoms with van der Waals surface area (Å²) in [5.41, 5.74) is -1.08. The van der Waals surface area contributed by atoms with E-state index in [4.69, 9.17) is 0 Å². The summed E-state index contributed by atoms with van der Waals surface area (Å²) in [7, 11) is 0. The second kappa shape index (κ2) is 9.26. The average molecular weight is 517 g/mol. The van der Waals surface area contributed by atoms with Crippen molar-refractivity contribution in [2.24, 2.45) is 0 Å². The number of rotatable bonds is 5. The van der Waals surface area contributed by atoms with Crippen LogP contribution >= 0.6 is 0 Å². The minimum atomic E-state index is -4.84. The standard InChI is InChI=1S/C25H14F7N5/c26-18-3-1-2-16(22(18)27)24-35-20-10-34-37(12-21(20)36-24)11-13-4-7-19(33-9-13)15-6-5-14(23(28)29)8-17(15)25(30,31)32/h1-10,12,23H,11H2. The van der Waals surface area contributed by atoms with Crippen molar-refractivity contribution < 1.29 is 30.7 Å². The first-order valence-electron chi connectivity index (χ1n) is 10.7. The molecular weight excluding hydrogens is 503 g/mol. The molecule has 0 fully saturated rings. The monoisotopic (exact) mass is 517 g/mol. The van der Waals surface area contributed by atoms with Crippen molar-refractivity contribution in [3.8, 4) is 34.0 Å². The van der Waals surface area contributed by atoms with Crippen molar-refractivity contribution in [3.05, 3.63) is 95.4 Å². The van der Waals surface area contributed by atoms with Gasteiger partial charge < -0.3 is 0 Å². The molecule has 0 aliphatic carbocycles. The fourth-order valence-corrected chi connectivity index (χ4v) is 3.76. The maximum atomic E-state index is 14.1. The van der Waals surface area contributed by atoms with Gasteiger partial charge in [0, 0.05) is 17.3 Å². The summed E-state index contributed by atoms with van der Waals surface area (Å²) < 4.78 is 95.4. The number of alkyl halides is 5. The zero-order chi connectivity index (χ0) is 26.3. The Morgan fingerprint density at radius 1 is 0.838 bits per heavy atom. The van der Waals surface area contributed by atoms with Crippen LogP contribution in [0.3, 0.4) is 0 Å². The largest absolute Gasteiger partial charge is 0.417 e. The maximum Gasteiger partial charge on any atom is 0.417 e. The molecule has 37 heavy (non-hydrogen) atoms. The van der Waals surface area contributed by atoms with E-state index < -0.39 is 35.4 Å². The van der Waals surface area contributed by atoms with E-state index in [1.807, 2.05) is 0 Å². The molecule has 0 radical (unpaired) electrons. The first kappa shape index (κ1) is 24.3. The molecule has 0 amide bonds. The molecule has 0 N–H and O–H groups in total. The van der Waals surface area contributed by atoms with Crippen LogP contribution in [0.4, 0.5) is 30.7 Å². The van der Waals surface area contributed by atoms with Crippen LogP contribution in [0.25, 0.3) is 34.0 Å². The van der Waals surface area contributed by atoms with Crippen LogP contribution in [0.2, 0.25) is 0 Å². The number of imidazole rings is 1. The van der Waals surface area contributed by atoms with Gasteiger partial charge in [0.25, 0.3) is 6.43 Å². The topological polar surface area (TPSA) is 56.5 Å². The van der Waals surface area contributed by atoms with Crippen molar-refractivity contribution in [1.29, 1.82) is 0 Å². The Bertz CT molecular complexity index is 1540. The molecule has 3 aromatic rings. The Morgan fingerprint density at radius 2 is 1.62 bits per heavy atom. The third-order valence-electron chi connectivity index (χ3n) is 5.55. The fraction of sp³-hybridized carbons (Fsp3) is 0.120. The van der Waals surface area contributed by atoms with Crippen LogP contribution in [0.5, 0.6) is 0 Å². The van der Waals surface area contributed by atoms with Crippen molar-refractivity contribution in [1.82, 2.24) is 24.7 Å². The molecule has 1 aromatic heterocycles. The summed E-state index contributed by atoms with van der Waals surface area (Å²) in [6.07, 6.45) is -3.61. The molecule has 5 nitrogen and oxygen atoms in total. The number of hydrogen-bond donors (Lipinski definition) is 0. The van der Waals surface area contributed by atoms with Crippen molar-refractivity contribution >= 4 is 0 Å². The van der Waals surface area contributed by atoms with Crippen LogP contribution in [-0.2, 0) is 12.7 Å². The van der Waals surface area contributed by atoms with E-state index in [9.17, 15) is 30.7 Å². The van der Waals surface area contributed by atoms with Gasteiger partial charge in [-0.25, -0.2) is 27.5 Å². The third kappa shape index (κ3) is 4.86. The van der Waals surface area contributed by atoms with Gasteiger partial charge in [-0.2, -0.15) is 18.3 Å². The molecule has 2 aliphatic heterocycles. The van der Waals surface area contributed by atoms with Gasteiger partial charge >= 0.3 is 6.18 Å². The van der Waals surface area contributed by atoms with E-state index in [0.29, 0.717) is 23.0 Å². The molecule has 0 saturated carbocycles. The van der Waals surface area contributed by atoms with Gasteiger partial charge in [0.05, 0.1) is 35.8 Å². The first-order chi connectivity index (χ1) is 17.6. The highest BCUT2D eigenvalue weighted by Crippen LogP contribution is 2.38. The minimum Gasteiger partial charge on any atom is -0.266 e.